The zero-order valence-corrected chi connectivity index (χ0v) is 12.9. The van der Waals surface area contributed by atoms with Crippen molar-refractivity contribution >= 4 is 34.8 Å². The molecule has 0 amide bonds. The Bertz CT molecular complexity index is 351. The fourth-order valence-corrected chi connectivity index (χ4v) is 2.85. The second-order valence-corrected chi connectivity index (χ2v) is 5.39. The fraction of sp³-hybridized carbons (Fsp3) is 0.571. The number of benzene rings is 1. The summed E-state index contributed by atoms with van der Waals surface area (Å²) in [4.78, 5) is 0. The fourth-order valence-electron chi connectivity index (χ4n) is 1.80. The van der Waals surface area contributed by atoms with Gasteiger partial charge in [0, 0.05) is 35.4 Å². The molecule has 102 valence electrons. The molecule has 0 saturated heterocycles. The minimum absolute atomic E-state index is 0.262. The quantitative estimate of drug-likeness (QED) is 0.491. The first-order valence-electron chi connectivity index (χ1n) is 6.14. The molecule has 0 heterocycles. The van der Waals surface area contributed by atoms with Crippen LogP contribution in [0.15, 0.2) is 24.3 Å². The minimum atomic E-state index is -0.262. The third kappa shape index (κ3) is 4.31. The van der Waals surface area contributed by atoms with Crippen LogP contribution in [0.4, 0.5) is 0 Å². The normalized spacial score (nSPS) is 11.8. The van der Waals surface area contributed by atoms with E-state index < -0.39 is 0 Å². The average molecular weight is 310 g/mol. The lowest BCUT2D eigenvalue weighted by molar-refractivity contribution is 0.119. The molecule has 1 aromatic carbocycles. The lowest BCUT2D eigenvalue weighted by Gasteiger charge is -2.30. The first-order chi connectivity index (χ1) is 8.68. The summed E-state index contributed by atoms with van der Waals surface area (Å²) in [6.07, 6.45) is 1.83. The molecule has 4 heteroatoms. The van der Waals surface area contributed by atoms with E-state index in [-0.39, 0.29) is 5.41 Å². The molecule has 0 bridgehead atoms. The van der Waals surface area contributed by atoms with Gasteiger partial charge in [-0.2, -0.15) is 0 Å². The van der Waals surface area contributed by atoms with Crippen LogP contribution < -0.4 is 0 Å². The van der Waals surface area contributed by atoms with Crippen LogP contribution in [0.5, 0.6) is 0 Å². The average Bonchev–Trinajstić information content (AvgIpc) is 2.40. The minimum Gasteiger partial charge on any atom is -0.381 e. The van der Waals surface area contributed by atoms with E-state index in [2.05, 4.69) is 6.92 Å². The Morgan fingerprint density at radius 2 is 1.89 bits per heavy atom. The molecule has 0 fully saturated rings. The van der Waals surface area contributed by atoms with Crippen LogP contribution in [0.2, 0.25) is 5.02 Å². The molecule has 0 radical (unpaired) electrons. The van der Waals surface area contributed by atoms with Gasteiger partial charge >= 0.3 is 0 Å². The molecule has 1 nitrogen and oxygen atoms in total. The summed E-state index contributed by atoms with van der Waals surface area (Å²) in [7, 11) is 0. The maximum Gasteiger partial charge on any atom is 0.0475 e. The number of hydrogen-bond donors (Lipinski definition) is 0. The highest BCUT2D eigenvalue weighted by Crippen LogP contribution is 2.32. The van der Waals surface area contributed by atoms with Gasteiger partial charge in [-0.1, -0.05) is 30.7 Å². The second kappa shape index (κ2) is 8.27. The Kier molecular flexibility index (Phi) is 7.40. The third-order valence-corrected chi connectivity index (χ3v) is 4.28. The Labute approximate surface area is 124 Å². The summed E-state index contributed by atoms with van der Waals surface area (Å²) in [5.41, 5.74) is 0.821. The molecule has 1 aromatic rings. The van der Waals surface area contributed by atoms with E-state index in [1.54, 1.807) is 0 Å². The molecule has 0 spiro atoms. The second-order valence-electron chi connectivity index (χ2n) is 4.42. The van der Waals surface area contributed by atoms with E-state index in [4.69, 9.17) is 39.5 Å². The Morgan fingerprint density at radius 3 is 2.44 bits per heavy atom. The molecule has 18 heavy (non-hydrogen) atoms. The Hall–Kier alpha value is 0.0500. The van der Waals surface area contributed by atoms with E-state index >= 15 is 0 Å². The molecule has 0 N–H and O–H groups in total. The van der Waals surface area contributed by atoms with E-state index in [1.165, 1.54) is 0 Å². The van der Waals surface area contributed by atoms with Crippen molar-refractivity contribution in [3.05, 3.63) is 34.9 Å². The Balaban J connectivity index is 2.79. The largest absolute Gasteiger partial charge is 0.381 e. The van der Waals surface area contributed by atoms with Gasteiger partial charge in [0.25, 0.3) is 0 Å². The SMILES string of the molecule is CCCOCCC(CCl)(CCl)c1cccc(Cl)c1. The number of hydrogen-bond acceptors (Lipinski definition) is 1. The van der Waals surface area contributed by atoms with E-state index in [0.717, 1.165) is 25.0 Å². The van der Waals surface area contributed by atoms with Crippen LogP contribution in [-0.2, 0) is 10.2 Å². The van der Waals surface area contributed by atoms with Crippen LogP contribution in [0.3, 0.4) is 0 Å². The van der Waals surface area contributed by atoms with Crippen molar-refractivity contribution in [2.75, 3.05) is 25.0 Å². The predicted octanol–water partition coefficient (Wildman–Crippen LogP) is 4.87. The van der Waals surface area contributed by atoms with Crippen molar-refractivity contribution in [3.8, 4) is 0 Å². The number of alkyl halides is 2. The van der Waals surface area contributed by atoms with Crippen molar-refractivity contribution in [1.29, 1.82) is 0 Å². The van der Waals surface area contributed by atoms with Gasteiger partial charge < -0.3 is 4.74 Å². The van der Waals surface area contributed by atoms with Gasteiger partial charge in [-0.15, -0.1) is 23.2 Å². The highest BCUT2D eigenvalue weighted by atomic mass is 35.5. The van der Waals surface area contributed by atoms with Crippen molar-refractivity contribution in [3.63, 3.8) is 0 Å². The van der Waals surface area contributed by atoms with Crippen LogP contribution in [-0.4, -0.2) is 25.0 Å². The number of halogens is 3. The lowest BCUT2D eigenvalue weighted by atomic mass is 9.81. The zero-order chi connectivity index (χ0) is 13.4. The van der Waals surface area contributed by atoms with Crippen LogP contribution in [0.25, 0.3) is 0 Å². The van der Waals surface area contributed by atoms with Gasteiger partial charge in [0.2, 0.25) is 0 Å². The highest BCUT2D eigenvalue weighted by molar-refractivity contribution is 6.30. The lowest BCUT2D eigenvalue weighted by Crippen LogP contribution is -2.32. The zero-order valence-electron chi connectivity index (χ0n) is 10.6. The van der Waals surface area contributed by atoms with Gasteiger partial charge in [0.15, 0.2) is 0 Å². The number of rotatable bonds is 8. The highest BCUT2D eigenvalue weighted by Gasteiger charge is 2.30. The molecular weight excluding hydrogens is 291 g/mol. The van der Waals surface area contributed by atoms with Crippen molar-refractivity contribution in [2.24, 2.45) is 0 Å². The van der Waals surface area contributed by atoms with Gasteiger partial charge in [0.05, 0.1) is 0 Å². The molecule has 0 aliphatic carbocycles. The predicted molar refractivity (Wildman–Crippen MR) is 80.3 cm³/mol. The summed E-state index contributed by atoms with van der Waals surface area (Å²) in [5.74, 6) is 0.929. The van der Waals surface area contributed by atoms with Gasteiger partial charge in [0.1, 0.15) is 0 Å². The maximum atomic E-state index is 6.14. The molecule has 0 aliphatic heterocycles. The summed E-state index contributed by atoms with van der Waals surface area (Å²) in [6.45, 7) is 3.53. The third-order valence-electron chi connectivity index (χ3n) is 3.02. The van der Waals surface area contributed by atoms with E-state index in [9.17, 15) is 0 Å². The topological polar surface area (TPSA) is 9.23 Å². The maximum absolute atomic E-state index is 6.14. The molecular formula is C14H19Cl3O. The molecule has 1 rings (SSSR count). The van der Waals surface area contributed by atoms with Crippen molar-refractivity contribution in [2.45, 2.75) is 25.2 Å². The van der Waals surface area contributed by atoms with Crippen LogP contribution in [0, 0.1) is 0 Å². The molecule has 0 unspecified atom stereocenters. The van der Waals surface area contributed by atoms with Gasteiger partial charge in [-0.3, -0.25) is 0 Å². The van der Waals surface area contributed by atoms with Crippen molar-refractivity contribution in [1.82, 2.24) is 0 Å². The van der Waals surface area contributed by atoms with Gasteiger partial charge in [-0.25, -0.2) is 0 Å². The molecule has 0 aromatic heterocycles. The summed E-state index contributed by atoms with van der Waals surface area (Å²) >= 11 is 18.3. The molecule has 0 aliphatic rings. The van der Waals surface area contributed by atoms with Crippen LogP contribution >= 0.6 is 34.8 Å². The molecule has 0 atom stereocenters. The summed E-state index contributed by atoms with van der Waals surface area (Å²) in [6, 6.07) is 7.74. The standard InChI is InChI=1S/C14H19Cl3O/c1-2-7-18-8-6-14(10-15,11-16)12-4-3-5-13(17)9-12/h3-5,9H,2,6-8,10-11H2,1H3. The number of ether oxygens (including phenoxy) is 1. The van der Waals surface area contributed by atoms with Gasteiger partial charge in [-0.05, 0) is 30.5 Å². The van der Waals surface area contributed by atoms with Crippen LogP contribution in [0.1, 0.15) is 25.3 Å². The van der Waals surface area contributed by atoms with E-state index in [0.29, 0.717) is 23.4 Å². The molecule has 0 saturated carbocycles. The Morgan fingerprint density at radius 1 is 1.17 bits per heavy atom. The van der Waals surface area contributed by atoms with E-state index in [1.807, 2.05) is 24.3 Å². The first kappa shape index (κ1) is 16.1. The smallest absolute Gasteiger partial charge is 0.0475 e. The summed E-state index contributed by atoms with van der Waals surface area (Å²) in [5, 5.41) is 0.710. The first-order valence-corrected chi connectivity index (χ1v) is 7.59. The monoisotopic (exact) mass is 308 g/mol. The van der Waals surface area contributed by atoms with Crippen molar-refractivity contribution < 1.29 is 4.74 Å². The summed E-state index contributed by atoms with van der Waals surface area (Å²) < 4.78 is 5.54.